The van der Waals surface area contributed by atoms with Crippen molar-refractivity contribution in [2.75, 3.05) is 5.32 Å². The summed E-state index contributed by atoms with van der Waals surface area (Å²) in [6.45, 7) is 1.22. The number of carbonyl (C=O) groups is 1. The van der Waals surface area contributed by atoms with Gasteiger partial charge in [0.2, 0.25) is 11.7 Å². The molecule has 1 aromatic carbocycles. The predicted octanol–water partition coefficient (Wildman–Crippen LogP) is 2.35. The highest BCUT2D eigenvalue weighted by molar-refractivity contribution is 6.33. The first-order valence-electron chi connectivity index (χ1n) is 3.83. The summed E-state index contributed by atoms with van der Waals surface area (Å²) in [6, 6.07) is 1.66. The van der Waals surface area contributed by atoms with Gasteiger partial charge in [0.05, 0.1) is 15.6 Å². The first-order chi connectivity index (χ1) is 6.91. The average Bonchev–Trinajstić information content (AvgIpc) is 2.09. The van der Waals surface area contributed by atoms with Crippen molar-refractivity contribution in [2.24, 2.45) is 0 Å². The summed E-state index contributed by atoms with van der Waals surface area (Å²) in [6.07, 6.45) is 0. The second kappa shape index (κ2) is 4.22. The molecule has 80 valence electrons. The van der Waals surface area contributed by atoms with E-state index in [2.05, 4.69) is 5.32 Å². The Balaban J connectivity index is 3.19. The van der Waals surface area contributed by atoms with Crippen LogP contribution in [0.25, 0.3) is 0 Å². The number of nitrogens with one attached hydrogen (secondary N) is 1. The Labute approximate surface area is 89.0 Å². The minimum absolute atomic E-state index is 0.00673. The lowest BCUT2D eigenvalue weighted by molar-refractivity contribution is -0.387. The number of anilines is 1. The van der Waals surface area contributed by atoms with E-state index in [1.165, 1.54) is 6.92 Å². The number of carbonyl (C=O) groups excluding carboxylic acids is 1. The van der Waals surface area contributed by atoms with Crippen LogP contribution in [0, 0.1) is 15.9 Å². The van der Waals surface area contributed by atoms with E-state index in [9.17, 15) is 19.3 Å². The lowest BCUT2D eigenvalue weighted by Crippen LogP contribution is -2.07. The Morgan fingerprint density at radius 3 is 2.67 bits per heavy atom. The second-order valence-electron chi connectivity index (χ2n) is 2.72. The Bertz CT molecular complexity index is 436. The maximum Gasteiger partial charge on any atom is 0.306 e. The maximum absolute atomic E-state index is 13.1. The summed E-state index contributed by atoms with van der Waals surface area (Å²) in [4.78, 5) is 20.1. The Morgan fingerprint density at radius 1 is 1.60 bits per heavy atom. The summed E-state index contributed by atoms with van der Waals surface area (Å²) in [5.74, 6) is -1.49. The fourth-order valence-corrected chi connectivity index (χ4v) is 1.17. The molecule has 0 saturated carbocycles. The fourth-order valence-electron chi connectivity index (χ4n) is 0.962. The van der Waals surface area contributed by atoms with E-state index in [4.69, 9.17) is 11.6 Å². The summed E-state index contributed by atoms with van der Waals surface area (Å²) >= 11 is 5.60. The molecule has 0 fully saturated rings. The van der Waals surface area contributed by atoms with Gasteiger partial charge in [0.25, 0.3) is 0 Å². The van der Waals surface area contributed by atoms with Crippen LogP contribution >= 0.6 is 11.6 Å². The Hall–Kier alpha value is -1.69. The number of halogens is 2. The Morgan fingerprint density at radius 2 is 2.20 bits per heavy atom. The molecule has 5 nitrogen and oxygen atoms in total. The third-order valence-electron chi connectivity index (χ3n) is 1.54. The fraction of sp³-hybridized carbons (Fsp3) is 0.125. The number of amides is 1. The monoisotopic (exact) mass is 232 g/mol. The molecule has 0 atom stereocenters. The van der Waals surface area contributed by atoms with E-state index in [1.54, 1.807) is 0 Å². The zero-order chi connectivity index (χ0) is 11.6. The van der Waals surface area contributed by atoms with Crippen LogP contribution in [0.15, 0.2) is 12.1 Å². The number of benzene rings is 1. The van der Waals surface area contributed by atoms with Gasteiger partial charge < -0.3 is 5.32 Å². The van der Waals surface area contributed by atoms with Crippen LogP contribution in [0.5, 0.6) is 0 Å². The number of nitro benzene ring substituents is 1. The van der Waals surface area contributed by atoms with Crippen molar-refractivity contribution >= 4 is 28.9 Å². The molecule has 0 bridgehead atoms. The normalized spacial score (nSPS) is 9.80. The van der Waals surface area contributed by atoms with Crippen LogP contribution in [-0.2, 0) is 4.79 Å². The highest BCUT2D eigenvalue weighted by Gasteiger charge is 2.17. The number of hydrogen-bond donors (Lipinski definition) is 1. The summed E-state index contributed by atoms with van der Waals surface area (Å²) in [5, 5.41) is 12.5. The topological polar surface area (TPSA) is 72.2 Å². The summed E-state index contributed by atoms with van der Waals surface area (Å²) in [7, 11) is 0. The molecule has 0 spiro atoms. The van der Waals surface area contributed by atoms with E-state index >= 15 is 0 Å². The van der Waals surface area contributed by atoms with Gasteiger partial charge in [-0.25, -0.2) is 0 Å². The maximum atomic E-state index is 13.1. The van der Waals surface area contributed by atoms with Crippen molar-refractivity contribution in [3.63, 3.8) is 0 Å². The average molecular weight is 233 g/mol. The SMILES string of the molecule is CC(=O)Nc1cc(F)c([N+](=O)[O-])cc1Cl. The van der Waals surface area contributed by atoms with Gasteiger partial charge in [-0.1, -0.05) is 11.6 Å². The van der Waals surface area contributed by atoms with Gasteiger partial charge in [-0.2, -0.15) is 4.39 Å². The van der Waals surface area contributed by atoms with E-state index in [0.717, 1.165) is 12.1 Å². The van der Waals surface area contributed by atoms with Crippen molar-refractivity contribution in [1.29, 1.82) is 0 Å². The smallest absolute Gasteiger partial charge is 0.306 e. The van der Waals surface area contributed by atoms with Gasteiger partial charge in [0.15, 0.2) is 0 Å². The minimum Gasteiger partial charge on any atom is -0.325 e. The molecule has 0 radical (unpaired) electrons. The quantitative estimate of drug-likeness (QED) is 0.628. The van der Waals surface area contributed by atoms with Crippen LogP contribution in [0.4, 0.5) is 15.8 Å². The molecule has 0 saturated heterocycles. The molecule has 0 aliphatic heterocycles. The van der Waals surface area contributed by atoms with Gasteiger partial charge >= 0.3 is 5.69 Å². The number of rotatable bonds is 2. The molecule has 1 aromatic rings. The van der Waals surface area contributed by atoms with Gasteiger partial charge in [-0.3, -0.25) is 14.9 Å². The summed E-state index contributed by atoms with van der Waals surface area (Å²) < 4.78 is 13.1. The molecule has 0 aliphatic carbocycles. The molecule has 1 rings (SSSR count). The van der Waals surface area contributed by atoms with Gasteiger partial charge in [0.1, 0.15) is 0 Å². The highest BCUT2D eigenvalue weighted by Crippen LogP contribution is 2.29. The molecular formula is C8H6ClFN2O3. The highest BCUT2D eigenvalue weighted by atomic mass is 35.5. The molecule has 0 aliphatic rings. The molecule has 0 aromatic heterocycles. The largest absolute Gasteiger partial charge is 0.325 e. The van der Waals surface area contributed by atoms with E-state index in [0.29, 0.717) is 0 Å². The van der Waals surface area contributed by atoms with Crippen molar-refractivity contribution in [2.45, 2.75) is 6.92 Å². The zero-order valence-electron chi connectivity index (χ0n) is 7.58. The molecule has 0 unspecified atom stereocenters. The zero-order valence-corrected chi connectivity index (χ0v) is 8.34. The van der Waals surface area contributed by atoms with E-state index in [-0.39, 0.29) is 10.7 Å². The van der Waals surface area contributed by atoms with Crippen molar-refractivity contribution in [1.82, 2.24) is 0 Å². The molecule has 15 heavy (non-hydrogen) atoms. The molecule has 1 amide bonds. The first-order valence-corrected chi connectivity index (χ1v) is 4.20. The number of nitrogens with zero attached hydrogens (tertiary/aromatic N) is 1. The predicted molar refractivity (Wildman–Crippen MR) is 52.4 cm³/mol. The van der Waals surface area contributed by atoms with Crippen LogP contribution < -0.4 is 5.32 Å². The van der Waals surface area contributed by atoms with E-state index in [1.807, 2.05) is 0 Å². The molecule has 7 heteroatoms. The van der Waals surface area contributed by atoms with Gasteiger partial charge in [-0.15, -0.1) is 0 Å². The number of nitro groups is 1. The lowest BCUT2D eigenvalue weighted by atomic mass is 10.2. The second-order valence-corrected chi connectivity index (χ2v) is 3.13. The van der Waals surface area contributed by atoms with Crippen LogP contribution in [0.2, 0.25) is 5.02 Å². The van der Waals surface area contributed by atoms with Crippen molar-refractivity contribution in [3.8, 4) is 0 Å². The van der Waals surface area contributed by atoms with Crippen molar-refractivity contribution < 1.29 is 14.1 Å². The van der Waals surface area contributed by atoms with Crippen LogP contribution in [0.1, 0.15) is 6.92 Å². The lowest BCUT2D eigenvalue weighted by Gasteiger charge is -2.04. The minimum atomic E-state index is -1.05. The van der Waals surface area contributed by atoms with Crippen LogP contribution in [-0.4, -0.2) is 10.8 Å². The third-order valence-corrected chi connectivity index (χ3v) is 1.86. The van der Waals surface area contributed by atoms with Crippen LogP contribution in [0.3, 0.4) is 0 Å². The standard InChI is InChI=1S/C8H6ClFN2O3/c1-4(13)11-7-3-6(10)8(12(14)15)2-5(7)9/h2-3H,1H3,(H,11,13). The third kappa shape index (κ3) is 2.63. The first kappa shape index (κ1) is 11.4. The molecule has 1 N–H and O–H groups in total. The van der Waals surface area contributed by atoms with Gasteiger partial charge in [-0.05, 0) is 0 Å². The Kier molecular flexibility index (Phi) is 3.21. The molecule has 0 heterocycles. The van der Waals surface area contributed by atoms with E-state index < -0.39 is 22.3 Å². The van der Waals surface area contributed by atoms with Gasteiger partial charge in [0, 0.05) is 19.1 Å². The number of hydrogen-bond acceptors (Lipinski definition) is 3. The molecular weight excluding hydrogens is 227 g/mol. The summed E-state index contributed by atoms with van der Waals surface area (Å²) in [5.41, 5.74) is -0.721. The van der Waals surface area contributed by atoms with Crippen molar-refractivity contribution in [3.05, 3.63) is 33.1 Å².